The number of benzene rings is 2. The molecule has 0 heterocycles. The Morgan fingerprint density at radius 3 is 1.13 bits per heavy atom. The zero-order valence-corrected chi connectivity index (χ0v) is 16.8. The summed E-state index contributed by atoms with van der Waals surface area (Å²) in [5.41, 5.74) is 3.25. The van der Waals surface area contributed by atoms with E-state index in [0.717, 1.165) is 5.08 Å². The van der Waals surface area contributed by atoms with E-state index in [1.807, 2.05) is 23.5 Å². The van der Waals surface area contributed by atoms with Gasteiger partial charge in [-0.15, -0.1) is 23.5 Å². The predicted octanol–water partition coefficient (Wildman–Crippen LogP) is 7.12. The molecule has 2 rings (SSSR count). The Hall–Kier alpha value is -0.860. The molecule has 0 fully saturated rings. The summed E-state index contributed by atoms with van der Waals surface area (Å²) in [5.74, 6) is 0. The summed E-state index contributed by atoms with van der Waals surface area (Å²) in [4.78, 5) is 2.69. The Labute approximate surface area is 150 Å². The van der Waals surface area contributed by atoms with Crippen LogP contribution in [0.4, 0.5) is 0 Å². The van der Waals surface area contributed by atoms with Gasteiger partial charge in [0.2, 0.25) is 0 Å². The molecule has 0 spiro atoms. The first kappa shape index (κ1) is 18.5. The summed E-state index contributed by atoms with van der Waals surface area (Å²) in [7, 11) is 0. The molecule has 2 heteroatoms. The van der Waals surface area contributed by atoms with E-state index in [2.05, 4.69) is 90.1 Å². The van der Waals surface area contributed by atoms with Crippen LogP contribution in [0.25, 0.3) is 0 Å². The highest BCUT2D eigenvalue weighted by molar-refractivity contribution is 8.16. The second kappa shape index (κ2) is 7.36. The van der Waals surface area contributed by atoms with E-state index in [-0.39, 0.29) is 10.8 Å². The van der Waals surface area contributed by atoms with Gasteiger partial charge in [0.05, 0.1) is 0 Å². The van der Waals surface area contributed by atoms with Gasteiger partial charge in [0, 0.05) is 14.9 Å². The molecule has 0 aliphatic heterocycles. The Balaban J connectivity index is 1.87. The second-order valence-electron chi connectivity index (χ2n) is 7.96. The summed E-state index contributed by atoms with van der Waals surface area (Å²) < 4.78 is 0. The smallest absolute Gasteiger partial charge is 0.0486 e. The summed E-state index contributed by atoms with van der Waals surface area (Å²) in [6.45, 7) is 13.5. The highest BCUT2D eigenvalue weighted by atomic mass is 32.2. The molecule has 0 N–H and O–H groups in total. The van der Waals surface area contributed by atoms with Crippen LogP contribution in [0.15, 0.2) is 58.3 Å². The summed E-state index contributed by atoms with van der Waals surface area (Å²) in [5, 5.41) is 1.05. The molecule has 2 aromatic rings. The summed E-state index contributed by atoms with van der Waals surface area (Å²) >= 11 is 3.81. The summed E-state index contributed by atoms with van der Waals surface area (Å²) in [6, 6.07) is 18.0. The van der Waals surface area contributed by atoms with E-state index in [1.165, 1.54) is 20.9 Å². The minimum atomic E-state index is 0.229. The zero-order chi connectivity index (χ0) is 17.1. The molecule has 0 aromatic heterocycles. The Morgan fingerprint density at radius 2 is 0.870 bits per heavy atom. The van der Waals surface area contributed by atoms with Crippen LogP contribution in [0.3, 0.4) is 0 Å². The van der Waals surface area contributed by atoms with E-state index in [1.54, 1.807) is 0 Å². The molecule has 0 amide bonds. The van der Waals surface area contributed by atoms with Crippen molar-refractivity contribution in [3.05, 3.63) is 59.7 Å². The fourth-order valence-electron chi connectivity index (χ4n) is 2.27. The van der Waals surface area contributed by atoms with Gasteiger partial charge in [0.1, 0.15) is 0 Å². The first-order chi connectivity index (χ1) is 10.7. The first-order valence-corrected chi connectivity index (χ1v) is 10.1. The quantitative estimate of drug-likeness (QED) is 0.427. The van der Waals surface area contributed by atoms with Gasteiger partial charge in [-0.2, -0.15) is 0 Å². The van der Waals surface area contributed by atoms with E-state index in [9.17, 15) is 0 Å². The molecule has 2 aromatic carbocycles. The monoisotopic (exact) mass is 344 g/mol. The average Bonchev–Trinajstić information content (AvgIpc) is 2.46. The minimum Gasteiger partial charge on any atom is -0.115 e. The van der Waals surface area contributed by atoms with Crippen molar-refractivity contribution in [1.29, 1.82) is 0 Å². The lowest BCUT2D eigenvalue weighted by atomic mass is 9.87. The van der Waals surface area contributed by atoms with Crippen LogP contribution >= 0.6 is 23.5 Å². The highest BCUT2D eigenvalue weighted by Gasteiger charge is 2.13. The van der Waals surface area contributed by atoms with Crippen LogP contribution in [-0.2, 0) is 10.8 Å². The van der Waals surface area contributed by atoms with E-state index in [4.69, 9.17) is 0 Å². The molecule has 0 radical (unpaired) electrons. The normalized spacial score (nSPS) is 12.4. The van der Waals surface area contributed by atoms with Crippen molar-refractivity contribution in [2.45, 2.75) is 62.2 Å². The summed E-state index contributed by atoms with van der Waals surface area (Å²) in [6.07, 6.45) is 0. The molecule has 0 saturated heterocycles. The first-order valence-electron chi connectivity index (χ1n) is 8.13. The molecule has 0 nitrogen and oxygen atoms in total. The molecule has 0 unspecified atom stereocenters. The third kappa shape index (κ3) is 5.61. The lowest BCUT2D eigenvalue weighted by Crippen LogP contribution is -2.10. The van der Waals surface area contributed by atoms with E-state index >= 15 is 0 Å². The van der Waals surface area contributed by atoms with Crippen LogP contribution in [0.1, 0.15) is 52.7 Å². The largest absolute Gasteiger partial charge is 0.115 e. The van der Waals surface area contributed by atoms with Crippen LogP contribution in [0.5, 0.6) is 0 Å². The van der Waals surface area contributed by atoms with Gasteiger partial charge >= 0.3 is 0 Å². The molecule has 0 atom stereocenters. The average molecular weight is 345 g/mol. The SMILES string of the molecule is CC(C)(C)c1ccc(SCSc2ccc(C(C)(C)C)cc2)cc1. The number of rotatable bonds is 4. The van der Waals surface area contributed by atoms with Crippen molar-refractivity contribution < 1.29 is 0 Å². The molecule has 23 heavy (non-hydrogen) atoms. The predicted molar refractivity (Wildman–Crippen MR) is 107 cm³/mol. The van der Waals surface area contributed by atoms with Gasteiger partial charge in [-0.3, -0.25) is 0 Å². The van der Waals surface area contributed by atoms with Gasteiger partial charge in [0.15, 0.2) is 0 Å². The highest BCUT2D eigenvalue weighted by Crippen LogP contribution is 2.31. The van der Waals surface area contributed by atoms with Gasteiger partial charge in [-0.1, -0.05) is 65.8 Å². The number of thioether (sulfide) groups is 2. The molecular formula is C21H28S2. The van der Waals surface area contributed by atoms with Crippen molar-refractivity contribution in [2.75, 3.05) is 5.08 Å². The van der Waals surface area contributed by atoms with Crippen molar-refractivity contribution in [2.24, 2.45) is 0 Å². The Bertz CT molecular complexity index is 553. The fraction of sp³-hybridized carbons (Fsp3) is 0.429. The van der Waals surface area contributed by atoms with Crippen molar-refractivity contribution in [1.82, 2.24) is 0 Å². The Kier molecular flexibility index (Phi) is 5.91. The van der Waals surface area contributed by atoms with Crippen molar-refractivity contribution in [3.8, 4) is 0 Å². The van der Waals surface area contributed by atoms with Crippen molar-refractivity contribution >= 4 is 23.5 Å². The Morgan fingerprint density at radius 1 is 0.565 bits per heavy atom. The molecule has 0 bridgehead atoms. The second-order valence-corrected chi connectivity index (χ2v) is 10.4. The maximum atomic E-state index is 2.26. The van der Waals surface area contributed by atoms with Crippen LogP contribution in [-0.4, -0.2) is 5.08 Å². The van der Waals surface area contributed by atoms with E-state index in [0.29, 0.717) is 0 Å². The van der Waals surface area contributed by atoms with E-state index < -0.39 is 0 Å². The molecule has 124 valence electrons. The maximum Gasteiger partial charge on any atom is 0.0486 e. The lowest BCUT2D eigenvalue weighted by Gasteiger charge is -2.19. The third-order valence-electron chi connectivity index (χ3n) is 3.89. The number of hydrogen-bond donors (Lipinski definition) is 0. The van der Waals surface area contributed by atoms with Crippen LogP contribution in [0, 0.1) is 0 Å². The molecule has 0 aliphatic carbocycles. The van der Waals surface area contributed by atoms with Gasteiger partial charge < -0.3 is 0 Å². The standard InChI is InChI=1S/C21H28S2/c1-20(2,3)16-7-11-18(12-8-16)22-15-23-19-13-9-17(10-14-19)21(4,5)6/h7-14H,15H2,1-6H3. The van der Waals surface area contributed by atoms with Gasteiger partial charge in [-0.05, 0) is 46.2 Å². The molecular weight excluding hydrogens is 316 g/mol. The maximum absolute atomic E-state index is 2.26. The lowest BCUT2D eigenvalue weighted by molar-refractivity contribution is 0.589. The third-order valence-corrected chi connectivity index (χ3v) is 6.05. The number of hydrogen-bond acceptors (Lipinski definition) is 2. The van der Waals surface area contributed by atoms with Crippen LogP contribution < -0.4 is 0 Å². The van der Waals surface area contributed by atoms with Crippen LogP contribution in [0.2, 0.25) is 0 Å². The topological polar surface area (TPSA) is 0 Å². The zero-order valence-electron chi connectivity index (χ0n) is 15.1. The fourth-order valence-corrected chi connectivity index (χ4v) is 4.25. The van der Waals surface area contributed by atoms with Crippen molar-refractivity contribution in [3.63, 3.8) is 0 Å². The van der Waals surface area contributed by atoms with Gasteiger partial charge in [0.25, 0.3) is 0 Å². The minimum absolute atomic E-state index is 0.229. The van der Waals surface area contributed by atoms with Gasteiger partial charge in [-0.25, -0.2) is 0 Å². The molecule has 0 saturated carbocycles. The molecule has 0 aliphatic rings.